The Morgan fingerprint density at radius 3 is 2.61 bits per heavy atom. The van der Waals surface area contributed by atoms with Gasteiger partial charge in [-0.2, -0.15) is 0 Å². The fourth-order valence-electron chi connectivity index (χ4n) is 1.81. The Morgan fingerprint density at radius 1 is 1.22 bits per heavy atom. The molecular weight excluding hydrogens is 227 g/mol. The number of hydrogen-bond donors (Lipinski definition) is 1. The summed E-state index contributed by atoms with van der Waals surface area (Å²) in [6.45, 7) is 1.71. The van der Waals surface area contributed by atoms with Crippen LogP contribution in [0.4, 0.5) is 0 Å². The Labute approximate surface area is 110 Å². The van der Waals surface area contributed by atoms with E-state index in [0.717, 1.165) is 38.0 Å². The number of nitrogens with zero attached hydrogens (tertiary/aromatic N) is 3. The second-order valence-electron chi connectivity index (χ2n) is 4.37. The van der Waals surface area contributed by atoms with Gasteiger partial charge in [-0.3, -0.25) is 9.48 Å². The molecule has 0 spiro atoms. The molecule has 1 N–H and O–H groups in total. The van der Waals surface area contributed by atoms with Gasteiger partial charge in [-0.25, -0.2) is 0 Å². The molecule has 1 rings (SSSR count). The van der Waals surface area contributed by atoms with E-state index in [0.29, 0.717) is 6.32 Å². The number of rotatable bonds is 11. The number of amides is 1. The Kier molecular flexibility index (Phi) is 7.92. The highest BCUT2D eigenvalue weighted by Gasteiger charge is 1.97. The van der Waals surface area contributed by atoms with Gasteiger partial charge in [-0.05, 0) is 19.2 Å². The number of carbonyl (C=O) groups is 1. The first-order valence-electron chi connectivity index (χ1n) is 6.63. The van der Waals surface area contributed by atoms with Gasteiger partial charge in [0.1, 0.15) is 0 Å². The SMILES string of the molecule is [B]Cc1cn(CCCCCCCCNC=O)nn1. The summed E-state index contributed by atoms with van der Waals surface area (Å²) in [6, 6.07) is 0. The summed E-state index contributed by atoms with van der Waals surface area (Å²) < 4.78 is 1.86. The summed E-state index contributed by atoms with van der Waals surface area (Å²) in [7, 11) is 5.46. The Bertz CT molecular complexity index is 330. The number of hydrogen-bond acceptors (Lipinski definition) is 3. The molecule has 0 unspecified atom stereocenters. The van der Waals surface area contributed by atoms with E-state index in [1.807, 2.05) is 10.9 Å². The maximum atomic E-state index is 10.0. The average molecular weight is 248 g/mol. The molecule has 0 bridgehead atoms. The van der Waals surface area contributed by atoms with Crippen molar-refractivity contribution in [2.24, 2.45) is 0 Å². The van der Waals surface area contributed by atoms with Gasteiger partial charge in [0.05, 0.1) is 13.5 Å². The summed E-state index contributed by atoms with van der Waals surface area (Å²) in [6.07, 6.45) is 10.2. The van der Waals surface area contributed by atoms with Crippen molar-refractivity contribution < 1.29 is 4.79 Å². The second kappa shape index (κ2) is 9.68. The largest absolute Gasteiger partial charge is 0.359 e. The molecule has 0 aliphatic rings. The maximum absolute atomic E-state index is 10.0. The minimum Gasteiger partial charge on any atom is -0.359 e. The van der Waals surface area contributed by atoms with Gasteiger partial charge in [0.15, 0.2) is 0 Å². The van der Waals surface area contributed by atoms with Crippen LogP contribution in [0.5, 0.6) is 0 Å². The molecule has 18 heavy (non-hydrogen) atoms. The number of aromatic nitrogens is 3. The zero-order chi connectivity index (χ0) is 13.1. The van der Waals surface area contributed by atoms with Gasteiger partial charge in [-0.1, -0.05) is 30.9 Å². The lowest BCUT2D eigenvalue weighted by Crippen LogP contribution is -2.11. The highest BCUT2D eigenvalue weighted by molar-refractivity contribution is 6.08. The molecule has 0 saturated carbocycles. The van der Waals surface area contributed by atoms with E-state index in [4.69, 9.17) is 7.85 Å². The van der Waals surface area contributed by atoms with Crippen LogP contribution in [0, 0.1) is 0 Å². The minimum absolute atomic E-state index is 0.453. The van der Waals surface area contributed by atoms with Crippen molar-refractivity contribution in [1.29, 1.82) is 0 Å². The predicted octanol–water partition coefficient (Wildman–Crippen LogP) is 1.03. The van der Waals surface area contributed by atoms with Crippen LogP contribution < -0.4 is 5.32 Å². The zero-order valence-corrected chi connectivity index (χ0v) is 10.8. The third kappa shape index (κ3) is 6.42. The molecule has 1 aromatic rings. The van der Waals surface area contributed by atoms with Gasteiger partial charge in [0, 0.05) is 19.3 Å². The fraction of sp³-hybridized carbons (Fsp3) is 0.750. The molecule has 6 heteroatoms. The van der Waals surface area contributed by atoms with Crippen molar-refractivity contribution in [2.75, 3.05) is 6.54 Å². The molecule has 1 aromatic heterocycles. The van der Waals surface area contributed by atoms with Crippen LogP contribution in [0.15, 0.2) is 6.20 Å². The fourth-order valence-corrected chi connectivity index (χ4v) is 1.81. The lowest BCUT2D eigenvalue weighted by atomic mass is 10.0. The van der Waals surface area contributed by atoms with Crippen LogP contribution in [0.2, 0.25) is 0 Å². The number of aryl methyl sites for hydroxylation is 1. The summed E-state index contributed by atoms with van der Waals surface area (Å²) in [4.78, 5) is 10.0. The van der Waals surface area contributed by atoms with Gasteiger partial charge >= 0.3 is 0 Å². The summed E-state index contributed by atoms with van der Waals surface area (Å²) >= 11 is 0. The molecular formula is C12H21BN4O. The molecule has 2 radical (unpaired) electrons. The molecule has 0 aliphatic heterocycles. The Morgan fingerprint density at radius 2 is 1.94 bits per heavy atom. The summed E-state index contributed by atoms with van der Waals surface area (Å²) in [5.41, 5.74) is 0.845. The molecule has 0 aliphatic carbocycles. The van der Waals surface area contributed by atoms with Crippen molar-refractivity contribution >= 4 is 14.3 Å². The minimum atomic E-state index is 0.453. The first-order valence-corrected chi connectivity index (χ1v) is 6.63. The third-order valence-electron chi connectivity index (χ3n) is 2.84. The van der Waals surface area contributed by atoms with Gasteiger partial charge < -0.3 is 5.32 Å². The van der Waals surface area contributed by atoms with E-state index < -0.39 is 0 Å². The van der Waals surface area contributed by atoms with Crippen molar-refractivity contribution in [2.45, 2.75) is 51.4 Å². The van der Waals surface area contributed by atoms with Crippen molar-refractivity contribution in [3.8, 4) is 0 Å². The lowest BCUT2D eigenvalue weighted by Gasteiger charge is -2.02. The van der Waals surface area contributed by atoms with E-state index in [2.05, 4.69) is 15.6 Å². The lowest BCUT2D eigenvalue weighted by molar-refractivity contribution is -0.109. The highest BCUT2D eigenvalue weighted by atomic mass is 16.1. The molecule has 0 atom stereocenters. The Balaban J connectivity index is 1.90. The average Bonchev–Trinajstić information content (AvgIpc) is 2.85. The molecule has 0 saturated heterocycles. The summed E-state index contributed by atoms with van der Waals surface area (Å²) in [5.74, 6) is 0. The molecule has 0 aromatic carbocycles. The van der Waals surface area contributed by atoms with Crippen LogP contribution in [-0.2, 0) is 17.7 Å². The first kappa shape index (κ1) is 14.7. The zero-order valence-electron chi connectivity index (χ0n) is 10.8. The third-order valence-corrected chi connectivity index (χ3v) is 2.84. The predicted molar refractivity (Wildman–Crippen MR) is 71.2 cm³/mol. The molecule has 1 heterocycles. The first-order chi connectivity index (χ1) is 8.86. The van der Waals surface area contributed by atoms with Crippen LogP contribution in [0.3, 0.4) is 0 Å². The monoisotopic (exact) mass is 248 g/mol. The molecule has 98 valence electrons. The van der Waals surface area contributed by atoms with Crippen LogP contribution >= 0.6 is 0 Å². The second-order valence-corrected chi connectivity index (χ2v) is 4.37. The van der Waals surface area contributed by atoms with Crippen LogP contribution in [-0.4, -0.2) is 35.8 Å². The smallest absolute Gasteiger partial charge is 0.207 e. The van der Waals surface area contributed by atoms with Crippen molar-refractivity contribution in [3.63, 3.8) is 0 Å². The quantitative estimate of drug-likeness (QED) is 0.361. The number of nitrogens with one attached hydrogen (secondary N) is 1. The van der Waals surface area contributed by atoms with Crippen molar-refractivity contribution in [3.05, 3.63) is 11.9 Å². The normalized spacial score (nSPS) is 10.4. The molecule has 1 amide bonds. The molecule has 5 nitrogen and oxygen atoms in total. The topological polar surface area (TPSA) is 59.8 Å². The van der Waals surface area contributed by atoms with Crippen molar-refractivity contribution in [1.82, 2.24) is 20.3 Å². The number of carbonyl (C=O) groups excluding carboxylic acids is 1. The summed E-state index contributed by atoms with van der Waals surface area (Å²) in [5, 5.41) is 10.6. The van der Waals surface area contributed by atoms with E-state index in [1.54, 1.807) is 0 Å². The van der Waals surface area contributed by atoms with E-state index in [1.165, 1.54) is 25.7 Å². The Hall–Kier alpha value is -1.33. The van der Waals surface area contributed by atoms with E-state index in [-0.39, 0.29) is 0 Å². The van der Waals surface area contributed by atoms with E-state index in [9.17, 15) is 4.79 Å². The highest BCUT2D eigenvalue weighted by Crippen LogP contribution is 2.06. The molecule has 0 fully saturated rings. The van der Waals surface area contributed by atoms with Crippen LogP contribution in [0.25, 0.3) is 0 Å². The van der Waals surface area contributed by atoms with Gasteiger partial charge in [0.25, 0.3) is 0 Å². The standard InChI is InChI=1S/C12H21BN4O/c13-9-12-10-17(16-15-12)8-6-4-2-1-3-5-7-14-11-18/h10-11H,1-9H2,(H,14,18). The maximum Gasteiger partial charge on any atom is 0.207 e. The number of unbranched alkanes of at least 4 members (excludes halogenated alkanes) is 5. The van der Waals surface area contributed by atoms with E-state index >= 15 is 0 Å². The van der Waals surface area contributed by atoms with Gasteiger partial charge in [-0.15, -0.1) is 5.10 Å². The van der Waals surface area contributed by atoms with Gasteiger partial charge in [0.2, 0.25) is 6.41 Å². The van der Waals surface area contributed by atoms with Crippen LogP contribution in [0.1, 0.15) is 44.2 Å².